The quantitative estimate of drug-likeness (QED) is 0.163. The fourth-order valence-corrected chi connectivity index (χ4v) is 13.1. The third-order valence-electron chi connectivity index (χ3n) is 15.2. The van der Waals surface area contributed by atoms with Gasteiger partial charge in [-0.25, -0.2) is 0 Å². The zero-order chi connectivity index (χ0) is 44.0. The molecular formula is C64H48N2S. The molecule has 0 unspecified atom stereocenters. The Kier molecular flexibility index (Phi) is 9.02. The molecule has 2 aliphatic carbocycles. The Hall–Kier alpha value is -7.46. The summed E-state index contributed by atoms with van der Waals surface area (Å²) in [5, 5.41) is 10.2. The van der Waals surface area contributed by atoms with Gasteiger partial charge in [0.15, 0.2) is 0 Å². The van der Waals surface area contributed by atoms with Crippen LogP contribution in [-0.4, -0.2) is 0 Å². The number of hydrogen-bond donors (Lipinski definition) is 0. The summed E-state index contributed by atoms with van der Waals surface area (Å²) in [6, 6.07) is 65.0. The van der Waals surface area contributed by atoms with Crippen LogP contribution < -0.4 is 9.80 Å². The highest BCUT2D eigenvalue weighted by molar-refractivity contribution is 7.25. The van der Waals surface area contributed by atoms with Crippen LogP contribution >= 0.6 is 11.3 Å². The van der Waals surface area contributed by atoms with E-state index in [0.29, 0.717) is 0 Å². The first-order chi connectivity index (χ1) is 33.2. The smallest absolute Gasteiger partial charge is 0.0493 e. The molecular weight excluding hydrogens is 829 g/mol. The van der Waals surface area contributed by atoms with Crippen molar-refractivity contribution in [2.24, 2.45) is 0 Å². The van der Waals surface area contributed by atoms with Crippen LogP contribution in [0.5, 0.6) is 0 Å². The van der Waals surface area contributed by atoms with E-state index in [2.05, 4.69) is 204 Å². The molecule has 3 heterocycles. The summed E-state index contributed by atoms with van der Waals surface area (Å²) in [6.07, 6.45) is 18.3. The van der Waals surface area contributed by atoms with E-state index in [-0.39, 0.29) is 0 Å². The maximum absolute atomic E-state index is 2.58. The van der Waals surface area contributed by atoms with E-state index >= 15 is 0 Å². The zero-order valence-electron chi connectivity index (χ0n) is 37.4. The number of hydrogen-bond acceptors (Lipinski definition) is 3. The molecule has 10 aromatic rings. The van der Waals surface area contributed by atoms with Gasteiger partial charge in [-0.3, -0.25) is 0 Å². The number of rotatable bonds is 4. The van der Waals surface area contributed by atoms with Crippen LogP contribution in [0.4, 0.5) is 22.7 Å². The second-order valence-corrected chi connectivity index (χ2v) is 19.9. The number of nitrogens with zero attached hydrogens (tertiary/aromatic N) is 2. The molecule has 0 fully saturated rings. The molecule has 0 spiro atoms. The van der Waals surface area contributed by atoms with E-state index in [1.807, 2.05) is 11.3 Å². The lowest BCUT2D eigenvalue weighted by atomic mass is 9.84. The second-order valence-electron chi connectivity index (χ2n) is 18.8. The van der Waals surface area contributed by atoms with Crippen molar-refractivity contribution in [2.75, 3.05) is 9.80 Å². The number of anilines is 4. The molecule has 9 aromatic carbocycles. The predicted octanol–water partition coefficient (Wildman–Crippen LogP) is 18.2. The third-order valence-corrected chi connectivity index (χ3v) is 16.3. The zero-order valence-corrected chi connectivity index (χ0v) is 38.3. The van der Waals surface area contributed by atoms with Crippen LogP contribution in [0.15, 0.2) is 217 Å². The Morgan fingerprint density at radius 2 is 0.940 bits per heavy atom. The Balaban J connectivity index is 1.12. The number of aryl methyl sites for hydroxylation is 2. The molecule has 0 bridgehead atoms. The van der Waals surface area contributed by atoms with Gasteiger partial charge in [-0.2, -0.15) is 0 Å². The lowest BCUT2D eigenvalue weighted by Crippen LogP contribution is -2.18. The summed E-state index contributed by atoms with van der Waals surface area (Å²) in [5.74, 6) is 0. The van der Waals surface area contributed by atoms with Crippen LogP contribution in [-0.2, 0) is 12.8 Å². The normalized spacial score (nSPS) is 15.9. The second kappa shape index (κ2) is 15.6. The number of benzene rings is 9. The first kappa shape index (κ1) is 38.8. The van der Waals surface area contributed by atoms with Crippen LogP contribution in [0.25, 0.3) is 74.7 Å². The molecule has 0 N–H and O–H groups in total. The molecule has 2 nitrogen and oxygen atoms in total. The minimum Gasteiger partial charge on any atom is -0.310 e. The van der Waals surface area contributed by atoms with E-state index in [9.17, 15) is 0 Å². The van der Waals surface area contributed by atoms with Crippen molar-refractivity contribution in [2.45, 2.75) is 51.4 Å². The van der Waals surface area contributed by atoms with Gasteiger partial charge >= 0.3 is 0 Å². The largest absolute Gasteiger partial charge is 0.310 e. The van der Waals surface area contributed by atoms with Crippen molar-refractivity contribution in [1.82, 2.24) is 0 Å². The Labute approximate surface area is 395 Å². The third kappa shape index (κ3) is 6.21. The Morgan fingerprint density at radius 3 is 1.64 bits per heavy atom. The van der Waals surface area contributed by atoms with Crippen LogP contribution in [0.3, 0.4) is 0 Å². The molecule has 0 saturated heterocycles. The topological polar surface area (TPSA) is 6.48 Å². The summed E-state index contributed by atoms with van der Waals surface area (Å²) < 4.78 is 2.65. The van der Waals surface area contributed by atoms with Gasteiger partial charge in [-0.15, -0.1) is 11.3 Å². The van der Waals surface area contributed by atoms with Gasteiger partial charge in [-0.1, -0.05) is 127 Å². The molecule has 3 heteroatoms. The average molecular weight is 877 g/mol. The molecule has 320 valence electrons. The Morgan fingerprint density at radius 1 is 0.373 bits per heavy atom. The van der Waals surface area contributed by atoms with Gasteiger partial charge in [0.25, 0.3) is 0 Å². The van der Waals surface area contributed by atoms with Crippen molar-refractivity contribution in [1.29, 1.82) is 0 Å². The van der Waals surface area contributed by atoms with Crippen molar-refractivity contribution >= 4 is 86.6 Å². The van der Waals surface area contributed by atoms with E-state index in [0.717, 1.165) is 51.4 Å². The molecule has 0 saturated carbocycles. The van der Waals surface area contributed by atoms with E-state index < -0.39 is 0 Å². The SMILES string of the molecule is C1=CC2=C(CC1)CCc1ccccc1N2c1ccc2c(-c3cccc4ccccc34)c3cc(N4C5=C(CCC=C5)CCc5ccccc54)ccc3c(-c3ccc4sc5ccccc5c4c3)c2c1. The van der Waals surface area contributed by atoms with E-state index in [4.69, 9.17) is 0 Å². The fourth-order valence-electron chi connectivity index (χ4n) is 12.0. The minimum absolute atomic E-state index is 1.06. The maximum atomic E-state index is 2.58. The van der Waals surface area contributed by atoms with Crippen molar-refractivity contribution in [3.05, 3.63) is 228 Å². The molecule has 0 amide bonds. The minimum atomic E-state index is 1.06. The van der Waals surface area contributed by atoms with Crippen LogP contribution in [0.2, 0.25) is 0 Å². The van der Waals surface area contributed by atoms with Crippen molar-refractivity contribution in [3.63, 3.8) is 0 Å². The molecule has 14 rings (SSSR count). The highest BCUT2D eigenvalue weighted by atomic mass is 32.1. The summed E-state index contributed by atoms with van der Waals surface area (Å²) in [6.45, 7) is 0. The molecule has 0 atom stereocenters. The van der Waals surface area contributed by atoms with Gasteiger partial charge in [0.2, 0.25) is 0 Å². The van der Waals surface area contributed by atoms with Gasteiger partial charge < -0.3 is 9.80 Å². The summed E-state index contributed by atoms with van der Waals surface area (Å²) in [4.78, 5) is 5.16. The summed E-state index contributed by atoms with van der Waals surface area (Å²) in [7, 11) is 0. The van der Waals surface area contributed by atoms with Gasteiger partial charge in [0.05, 0.1) is 0 Å². The monoisotopic (exact) mass is 876 g/mol. The molecule has 67 heavy (non-hydrogen) atoms. The lowest BCUT2D eigenvalue weighted by molar-refractivity contribution is 0.833. The highest BCUT2D eigenvalue weighted by Crippen LogP contribution is 2.51. The van der Waals surface area contributed by atoms with Crippen LogP contribution in [0, 0.1) is 0 Å². The van der Waals surface area contributed by atoms with Crippen molar-refractivity contribution < 1.29 is 0 Å². The van der Waals surface area contributed by atoms with Crippen molar-refractivity contribution in [3.8, 4) is 22.3 Å². The number of para-hydroxylation sites is 2. The predicted molar refractivity (Wildman–Crippen MR) is 287 cm³/mol. The maximum Gasteiger partial charge on any atom is 0.0493 e. The van der Waals surface area contributed by atoms with E-state index in [1.54, 1.807) is 11.1 Å². The van der Waals surface area contributed by atoms with Gasteiger partial charge in [0.1, 0.15) is 0 Å². The first-order valence-electron chi connectivity index (χ1n) is 24.2. The molecule has 2 aliphatic heterocycles. The van der Waals surface area contributed by atoms with E-state index in [1.165, 1.54) is 120 Å². The lowest BCUT2D eigenvalue weighted by Gasteiger charge is -2.31. The summed E-state index contributed by atoms with van der Waals surface area (Å²) in [5.41, 5.74) is 18.6. The molecule has 1 aromatic heterocycles. The number of thiophene rings is 1. The van der Waals surface area contributed by atoms with Gasteiger partial charge in [0, 0.05) is 54.3 Å². The number of allylic oxidation sites excluding steroid dienone is 6. The standard InChI is InChI=1S/C64H48N2S/c1-6-20-49-41(14-1)19-13-22-51(49)64-53-36-34-47(65-57-23-8-2-15-42(57)28-29-43-16-3-9-24-58(43)65)39-55(53)63(46-32-37-62-54(38-46)50-21-7-12-27-61(50)67-62)52-35-33-48(40-56(52)64)66-59-25-10-4-17-44(59)30-31-45-18-5-11-26-60(45)66/h1-2,4,6-15,17,19-27,32-40H,3,5,16,18,28-31H2. The van der Waals surface area contributed by atoms with Gasteiger partial charge in [-0.05, 0) is 195 Å². The van der Waals surface area contributed by atoms with Crippen LogP contribution in [0.1, 0.15) is 49.7 Å². The Bertz CT molecular complexity index is 3830. The molecule has 0 radical (unpaired) electrons. The summed E-state index contributed by atoms with van der Waals surface area (Å²) >= 11 is 1.89. The first-order valence-corrected chi connectivity index (χ1v) is 25.0. The molecule has 4 aliphatic rings. The fraction of sp³-hybridized carbons (Fsp3) is 0.125. The number of fused-ring (bicyclic) bond motifs is 8. The highest BCUT2D eigenvalue weighted by Gasteiger charge is 2.29. The average Bonchev–Trinajstić information content (AvgIpc) is 3.55.